The molecule has 26 heavy (non-hydrogen) atoms. The van der Waals surface area contributed by atoms with E-state index in [-0.39, 0.29) is 17.1 Å². The molecule has 0 saturated carbocycles. The van der Waals surface area contributed by atoms with Gasteiger partial charge in [0.05, 0.1) is 12.9 Å². The van der Waals surface area contributed by atoms with Gasteiger partial charge in [0.1, 0.15) is 18.3 Å². The zero-order valence-electron chi connectivity index (χ0n) is 13.9. The van der Waals surface area contributed by atoms with Crippen LogP contribution in [0, 0.1) is 0 Å². The van der Waals surface area contributed by atoms with Crippen LogP contribution in [0.15, 0.2) is 11.1 Å². The number of hydrogen-bond acceptors (Lipinski definition) is 9. The molecule has 2 aromatic heterocycles. The Morgan fingerprint density at radius 3 is 2.50 bits per heavy atom. The number of nitrogens with one attached hydrogen (secondary N) is 1. The maximum Gasteiger partial charge on any atom is 0.280 e. The van der Waals surface area contributed by atoms with Gasteiger partial charge in [-0.25, -0.2) is 9.88 Å². The minimum atomic E-state index is -1.41. The summed E-state index contributed by atoms with van der Waals surface area (Å²) in [6, 6.07) is 0. The maximum absolute atomic E-state index is 12.2. The molecule has 0 aliphatic carbocycles. The second kappa shape index (κ2) is 6.57. The lowest BCUT2D eigenvalue weighted by atomic mass is 10.1. The number of imidazole rings is 1. The van der Waals surface area contributed by atoms with Crippen LogP contribution in [0.25, 0.3) is 11.2 Å². The van der Waals surface area contributed by atoms with E-state index in [1.165, 1.54) is 10.9 Å². The minimum Gasteiger partial charge on any atom is -0.394 e. The van der Waals surface area contributed by atoms with Gasteiger partial charge in [-0.15, -0.1) is 0 Å². The van der Waals surface area contributed by atoms with Crippen molar-refractivity contribution in [2.24, 2.45) is 0 Å². The number of aliphatic hydroxyl groups excluding tert-OH is 3. The molecule has 1 fully saturated rings. The zero-order chi connectivity index (χ0) is 19.2. The number of fused-ring (bicyclic) bond motifs is 1. The van der Waals surface area contributed by atoms with Crippen molar-refractivity contribution in [2.45, 2.75) is 38.4 Å². The van der Waals surface area contributed by atoms with E-state index in [2.05, 4.69) is 15.0 Å². The van der Waals surface area contributed by atoms with Gasteiger partial charge in [-0.3, -0.25) is 23.9 Å². The van der Waals surface area contributed by atoms with Gasteiger partial charge in [-0.05, 0) is 0 Å². The molecular formula is C14H17N5O7. The number of H-pyrrole nitrogens is 1. The van der Waals surface area contributed by atoms with Crippen LogP contribution in [0.3, 0.4) is 0 Å². The highest BCUT2D eigenvalue weighted by Crippen LogP contribution is 2.31. The van der Waals surface area contributed by atoms with Crippen LogP contribution in [0.2, 0.25) is 0 Å². The standard InChI is InChI=1S/C14H17N5O7/c1-5(21)19(6(2)22)14-16-11-8(12(25)17-14)15-4-18(11)13-10(24)9(23)7(3-20)26-13/h4,7,9-10,13,20,23-24H,3H2,1-2H3,(H,16,17,25)/t7-,9-,10-,13-/m1/s1. The summed E-state index contributed by atoms with van der Waals surface area (Å²) in [5.41, 5.74) is -0.882. The van der Waals surface area contributed by atoms with E-state index in [1.807, 2.05) is 0 Å². The third-order valence-corrected chi connectivity index (χ3v) is 4.05. The number of imide groups is 1. The summed E-state index contributed by atoms with van der Waals surface area (Å²) in [5.74, 6) is -1.62. The normalized spacial score (nSPS) is 25.6. The molecule has 1 saturated heterocycles. The Morgan fingerprint density at radius 2 is 1.96 bits per heavy atom. The summed E-state index contributed by atoms with van der Waals surface area (Å²) in [7, 11) is 0. The van der Waals surface area contributed by atoms with Crippen LogP contribution >= 0.6 is 0 Å². The average Bonchev–Trinajstić information content (AvgIpc) is 3.09. The molecular weight excluding hydrogens is 350 g/mol. The molecule has 3 rings (SSSR count). The molecule has 12 heteroatoms. The number of hydrogen-bond donors (Lipinski definition) is 4. The fourth-order valence-corrected chi connectivity index (χ4v) is 2.84. The van der Waals surface area contributed by atoms with Crippen molar-refractivity contribution >= 4 is 28.9 Å². The van der Waals surface area contributed by atoms with Crippen molar-refractivity contribution in [3.63, 3.8) is 0 Å². The Morgan fingerprint density at radius 1 is 1.31 bits per heavy atom. The Labute approximate surface area is 145 Å². The van der Waals surface area contributed by atoms with Gasteiger partial charge in [0.2, 0.25) is 17.8 Å². The highest BCUT2D eigenvalue weighted by atomic mass is 16.6. The molecule has 0 unspecified atom stereocenters. The third-order valence-electron chi connectivity index (χ3n) is 4.05. The van der Waals surface area contributed by atoms with Crippen molar-refractivity contribution in [2.75, 3.05) is 11.5 Å². The first-order chi connectivity index (χ1) is 12.3. The number of amides is 2. The van der Waals surface area contributed by atoms with Crippen molar-refractivity contribution in [3.05, 3.63) is 16.7 Å². The van der Waals surface area contributed by atoms with Gasteiger partial charge in [-0.1, -0.05) is 0 Å². The number of aromatic amines is 1. The van der Waals surface area contributed by atoms with Crippen LogP contribution < -0.4 is 10.5 Å². The van der Waals surface area contributed by atoms with Gasteiger partial charge < -0.3 is 20.1 Å². The Balaban J connectivity index is 2.13. The van der Waals surface area contributed by atoms with E-state index in [0.717, 1.165) is 13.8 Å². The molecule has 0 spiro atoms. The smallest absolute Gasteiger partial charge is 0.280 e. The second-order valence-electron chi connectivity index (χ2n) is 5.82. The number of carbonyl (C=O) groups excluding carboxylic acids is 2. The van der Waals surface area contributed by atoms with Crippen LogP contribution in [-0.2, 0) is 14.3 Å². The van der Waals surface area contributed by atoms with Gasteiger partial charge in [-0.2, -0.15) is 4.98 Å². The van der Waals surface area contributed by atoms with Crippen LogP contribution in [0.1, 0.15) is 20.1 Å². The van der Waals surface area contributed by atoms with Crippen LogP contribution in [0.4, 0.5) is 5.95 Å². The monoisotopic (exact) mass is 367 g/mol. The summed E-state index contributed by atoms with van der Waals surface area (Å²) < 4.78 is 6.59. The van der Waals surface area contributed by atoms with Gasteiger partial charge in [0.15, 0.2) is 17.4 Å². The largest absolute Gasteiger partial charge is 0.394 e. The predicted octanol–water partition coefficient (Wildman–Crippen LogP) is -2.37. The van der Waals surface area contributed by atoms with E-state index in [0.29, 0.717) is 4.90 Å². The number of aromatic nitrogens is 4. The van der Waals surface area contributed by atoms with E-state index < -0.39 is 48.5 Å². The zero-order valence-corrected chi connectivity index (χ0v) is 13.9. The molecule has 1 aliphatic heterocycles. The van der Waals surface area contributed by atoms with Crippen molar-refractivity contribution < 1.29 is 29.6 Å². The van der Waals surface area contributed by atoms with Crippen LogP contribution in [0.5, 0.6) is 0 Å². The first kappa shape index (κ1) is 18.1. The fourth-order valence-electron chi connectivity index (χ4n) is 2.84. The molecule has 2 aromatic rings. The summed E-state index contributed by atoms with van der Waals surface area (Å²) in [6.45, 7) is 1.74. The topological polar surface area (TPSA) is 171 Å². The molecule has 0 aromatic carbocycles. The van der Waals surface area contributed by atoms with E-state index in [1.54, 1.807) is 0 Å². The highest BCUT2D eigenvalue weighted by molar-refractivity contribution is 6.12. The van der Waals surface area contributed by atoms with E-state index in [4.69, 9.17) is 4.74 Å². The summed E-state index contributed by atoms with van der Waals surface area (Å²) in [6.07, 6.45) is -3.79. The van der Waals surface area contributed by atoms with E-state index >= 15 is 0 Å². The first-order valence-electron chi connectivity index (χ1n) is 7.66. The molecule has 4 atom stereocenters. The molecule has 2 amide bonds. The third kappa shape index (κ3) is 2.78. The lowest BCUT2D eigenvalue weighted by Gasteiger charge is -2.18. The summed E-state index contributed by atoms with van der Waals surface area (Å²) in [5, 5.41) is 29.2. The summed E-state index contributed by atoms with van der Waals surface area (Å²) in [4.78, 5) is 46.6. The maximum atomic E-state index is 12.2. The van der Waals surface area contributed by atoms with Crippen molar-refractivity contribution in [1.29, 1.82) is 0 Å². The summed E-state index contributed by atoms with van der Waals surface area (Å²) >= 11 is 0. The lowest BCUT2D eigenvalue weighted by Crippen LogP contribution is -2.36. The number of anilines is 1. The van der Waals surface area contributed by atoms with Crippen molar-refractivity contribution in [1.82, 2.24) is 19.5 Å². The number of ether oxygens (including phenoxy) is 1. The number of aliphatic hydroxyl groups is 3. The first-order valence-corrected chi connectivity index (χ1v) is 7.66. The lowest BCUT2D eigenvalue weighted by molar-refractivity contribution is -0.124. The van der Waals surface area contributed by atoms with Gasteiger partial charge in [0.25, 0.3) is 5.56 Å². The average molecular weight is 367 g/mol. The van der Waals surface area contributed by atoms with Crippen molar-refractivity contribution in [3.8, 4) is 0 Å². The quantitative estimate of drug-likeness (QED) is 0.463. The fraction of sp³-hybridized carbons (Fsp3) is 0.500. The molecule has 0 bridgehead atoms. The second-order valence-corrected chi connectivity index (χ2v) is 5.82. The molecule has 0 radical (unpaired) electrons. The Bertz CT molecular complexity index is 908. The molecule has 4 N–H and O–H groups in total. The Hall–Kier alpha value is -2.67. The highest BCUT2D eigenvalue weighted by Gasteiger charge is 2.44. The van der Waals surface area contributed by atoms with Crippen LogP contribution in [-0.4, -0.2) is 71.6 Å². The Kier molecular flexibility index (Phi) is 4.58. The molecule has 3 heterocycles. The number of rotatable bonds is 3. The van der Waals surface area contributed by atoms with Gasteiger partial charge in [0, 0.05) is 13.8 Å². The molecule has 12 nitrogen and oxygen atoms in total. The molecule has 1 aliphatic rings. The minimum absolute atomic E-state index is 0.0638. The SMILES string of the molecule is CC(=O)N(C(C)=O)c1nc2c(ncn2[C@@H]2O[C@H](CO)[C@@H](O)[C@H]2O)c(=O)[nH]1. The molecule has 140 valence electrons. The van der Waals surface area contributed by atoms with E-state index in [9.17, 15) is 29.7 Å². The number of nitrogens with zero attached hydrogens (tertiary/aromatic N) is 4. The number of carbonyl (C=O) groups is 2. The predicted molar refractivity (Wildman–Crippen MR) is 85.0 cm³/mol. The van der Waals surface area contributed by atoms with Gasteiger partial charge >= 0.3 is 0 Å².